The molecule has 0 heterocycles. The summed E-state index contributed by atoms with van der Waals surface area (Å²) in [4.78, 5) is 11.4. The zero-order valence-corrected chi connectivity index (χ0v) is 12.3. The Labute approximate surface area is 113 Å². The van der Waals surface area contributed by atoms with Crippen molar-refractivity contribution in [3.05, 3.63) is 29.3 Å². The summed E-state index contributed by atoms with van der Waals surface area (Å²) in [7, 11) is 0. The smallest absolute Gasteiger partial charge is 0.147 e. The summed E-state index contributed by atoms with van der Waals surface area (Å²) in [5.74, 6) is 1.00. The Hall–Kier alpha value is -0.350. The lowest BCUT2D eigenvalue weighted by Crippen LogP contribution is -2.06. The molecule has 0 spiro atoms. The first-order valence-corrected chi connectivity index (χ1v) is 7.33. The topological polar surface area (TPSA) is 26.3 Å². The van der Waals surface area contributed by atoms with Crippen LogP contribution in [0.3, 0.4) is 0 Å². The SMILES string of the molecule is CCOc1ccc(CBr)c(CC(=O)CBr)c1. The predicted octanol–water partition coefficient (Wildman–Crippen LogP) is 3.49. The zero-order valence-electron chi connectivity index (χ0n) is 9.13. The first-order chi connectivity index (χ1) is 7.71. The highest BCUT2D eigenvalue weighted by molar-refractivity contribution is 9.09. The molecule has 0 aliphatic carbocycles. The molecule has 0 aromatic heterocycles. The van der Waals surface area contributed by atoms with E-state index < -0.39 is 0 Å². The van der Waals surface area contributed by atoms with Crippen LogP contribution in [-0.4, -0.2) is 17.7 Å². The molecule has 88 valence electrons. The number of carbonyl (C=O) groups excluding carboxylic acids is 1. The molecule has 1 rings (SSSR count). The second kappa shape index (κ2) is 7.07. The Morgan fingerprint density at radius 2 is 2.06 bits per heavy atom. The van der Waals surface area contributed by atoms with E-state index in [1.165, 1.54) is 0 Å². The minimum absolute atomic E-state index is 0.177. The van der Waals surface area contributed by atoms with E-state index in [-0.39, 0.29) is 5.78 Å². The highest BCUT2D eigenvalue weighted by atomic mass is 79.9. The van der Waals surface area contributed by atoms with Crippen LogP contribution in [0.4, 0.5) is 0 Å². The normalized spacial score (nSPS) is 10.2. The summed E-state index contributed by atoms with van der Waals surface area (Å²) in [6.45, 7) is 2.58. The number of benzene rings is 1. The third-order valence-electron chi connectivity index (χ3n) is 2.17. The van der Waals surface area contributed by atoms with Gasteiger partial charge in [-0.2, -0.15) is 0 Å². The van der Waals surface area contributed by atoms with Crippen molar-refractivity contribution < 1.29 is 9.53 Å². The maximum atomic E-state index is 11.4. The second-order valence-corrected chi connectivity index (χ2v) is 4.47. The van der Waals surface area contributed by atoms with Crippen molar-refractivity contribution in [3.63, 3.8) is 0 Å². The van der Waals surface area contributed by atoms with E-state index >= 15 is 0 Å². The van der Waals surface area contributed by atoms with E-state index in [2.05, 4.69) is 31.9 Å². The molecule has 0 radical (unpaired) electrons. The molecule has 0 saturated carbocycles. The van der Waals surface area contributed by atoms with Gasteiger partial charge in [0.05, 0.1) is 11.9 Å². The van der Waals surface area contributed by atoms with E-state index in [1.807, 2.05) is 25.1 Å². The van der Waals surface area contributed by atoms with Crippen LogP contribution in [0.25, 0.3) is 0 Å². The lowest BCUT2D eigenvalue weighted by atomic mass is 10.0. The number of hydrogen-bond donors (Lipinski definition) is 0. The number of carbonyl (C=O) groups is 1. The van der Waals surface area contributed by atoms with Crippen LogP contribution >= 0.6 is 31.9 Å². The van der Waals surface area contributed by atoms with E-state index in [9.17, 15) is 4.79 Å². The Bertz CT molecular complexity index is 364. The molecule has 4 heteroatoms. The Morgan fingerprint density at radius 3 is 2.62 bits per heavy atom. The quantitative estimate of drug-likeness (QED) is 0.735. The van der Waals surface area contributed by atoms with Gasteiger partial charge in [-0.1, -0.05) is 37.9 Å². The lowest BCUT2D eigenvalue weighted by molar-refractivity contribution is -0.115. The molecule has 0 fully saturated rings. The van der Waals surface area contributed by atoms with E-state index in [0.29, 0.717) is 18.4 Å². The number of alkyl halides is 2. The maximum Gasteiger partial charge on any atom is 0.147 e. The van der Waals surface area contributed by atoms with Crippen LogP contribution in [-0.2, 0) is 16.5 Å². The van der Waals surface area contributed by atoms with E-state index in [0.717, 1.165) is 22.2 Å². The monoisotopic (exact) mass is 348 g/mol. The van der Waals surface area contributed by atoms with Crippen LogP contribution in [0, 0.1) is 0 Å². The summed E-state index contributed by atoms with van der Waals surface area (Å²) in [5, 5.41) is 1.15. The fourth-order valence-corrected chi connectivity index (χ4v) is 2.16. The first-order valence-electron chi connectivity index (χ1n) is 5.09. The fourth-order valence-electron chi connectivity index (χ4n) is 1.41. The molecule has 0 unspecified atom stereocenters. The maximum absolute atomic E-state index is 11.4. The molecular weight excluding hydrogens is 336 g/mol. The molecule has 0 bridgehead atoms. The Kier molecular flexibility index (Phi) is 6.06. The van der Waals surface area contributed by atoms with Gasteiger partial charge in [0.2, 0.25) is 0 Å². The zero-order chi connectivity index (χ0) is 12.0. The molecule has 16 heavy (non-hydrogen) atoms. The summed E-state index contributed by atoms with van der Waals surface area (Å²) >= 11 is 6.60. The summed E-state index contributed by atoms with van der Waals surface area (Å²) in [5.41, 5.74) is 2.17. The second-order valence-electron chi connectivity index (χ2n) is 3.35. The molecule has 2 nitrogen and oxygen atoms in total. The molecule has 0 aliphatic heterocycles. The van der Waals surface area contributed by atoms with Crippen molar-refractivity contribution in [2.24, 2.45) is 0 Å². The summed E-state index contributed by atoms with van der Waals surface area (Å²) < 4.78 is 5.42. The van der Waals surface area contributed by atoms with Crippen LogP contribution in [0.5, 0.6) is 5.75 Å². The van der Waals surface area contributed by atoms with Gasteiger partial charge in [0.25, 0.3) is 0 Å². The van der Waals surface area contributed by atoms with Gasteiger partial charge in [0.1, 0.15) is 11.5 Å². The molecule has 1 aromatic rings. The molecule has 0 amide bonds. The number of ether oxygens (including phenoxy) is 1. The standard InChI is InChI=1S/C12H14Br2O2/c1-2-16-12-4-3-9(7-13)10(6-12)5-11(15)8-14/h3-4,6H,2,5,7-8H2,1H3. The predicted molar refractivity (Wildman–Crippen MR) is 72.7 cm³/mol. The van der Waals surface area contributed by atoms with Gasteiger partial charge in [0.15, 0.2) is 0 Å². The minimum atomic E-state index is 0.177. The van der Waals surface area contributed by atoms with Gasteiger partial charge in [-0.25, -0.2) is 0 Å². The van der Waals surface area contributed by atoms with Gasteiger partial charge in [0, 0.05) is 11.8 Å². The van der Waals surface area contributed by atoms with E-state index in [1.54, 1.807) is 0 Å². The van der Waals surface area contributed by atoms with Gasteiger partial charge in [-0.05, 0) is 30.2 Å². The van der Waals surface area contributed by atoms with Gasteiger partial charge in [-0.3, -0.25) is 4.79 Å². The van der Waals surface area contributed by atoms with Crippen LogP contribution in [0.2, 0.25) is 0 Å². The summed E-state index contributed by atoms with van der Waals surface area (Å²) in [6, 6.07) is 5.87. The molecule has 1 aromatic carbocycles. The van der Waals surface area contributed by atoms with Crippen molar-refractivity contribution in [1.82, 2.24) is 0 Å². The molecule has 0 atom stereocenters. The van der Waals surface area contributed by atoms with Crippen molar-refractivity contribution in [1.29, 1.82) is 0 Å². The Morgan fingerprint density at radius 1 is 1.31 bits per heavy atom. The largest absolute Gasteiger partial charge is 0.494 e. The molecule has 0 saturated heterocycles. The van der Waals surface area contributed by atoms with Gasteiger partial charge >= 0.3 is 0 Å². The highest BCUT2D eigenvalue weighted by Gasteiger charge is 2.08. The van der Waals surface area contributed by atoms with Crippen molar-refractivity contribution in [2.45, 2.75) is 18.7 Å². The first kappa shape index (κ1) is 13.7. The van der Waals surface area contributed by atoms with Crippen LogP contribution < -0.4 is 4.74 Å². The lowest BCUT2D eigenvalue weighted by Gasteiger charge is -2.09. The average molecular weight is 350 g/mol. The molecule has 0 N–H and O–H groups in total. The number of rotatable bonds is 6. The van der Waals surface area contributed by atoms with Crippen molar-refractivity contribution in [3.8, 4) is 5.75 Å². The van der Waals surface area contributed by atoms with Crippen LogP contribution in [0.15, 0.2) is 18.2 Å². The number of Topliss-reactive ketones (excluding diaryl/α,β-unsaturated/α-hetero) is 1. The van der Waals surface area contributed by atoms with Gasteiger partial charge in [-0.15, -0.1) is 0 Å². The van der Waals surface area contributed by atoms with Gasteiger partial charge < -0.3 is 4.74 Å². The van der Waals surface area contributed by atoms with E-state index in [4.69, 9.17) is 4.74 Å². The molecule has 0 aliphatic rings. The number of ketones is 1. The summed E-state index contributed by atoms with van der Waals surface area (Å²) in [6.07, 6.45) is 0.451. The minimum Gasteiger partial charge on any atom is -0.494 e. The third-order valence-corrected chi connectivity index (χ3v) is 3.40. The fraction of sp³-hybridized carbons (Fsp3) is 0.417. The highest BCUT2D eigenvalue weighted by Crippen LogP contribution is 2.21. The number of hydrogen-bond acceptors (Lipinski definition) is 2. The van der Waals surface area contributed by atoms with Crippen molar-refractivity contribution >= 4 is 37.6 Å². The molecular formula is C12H14Br2O2. The number of halogens is 2. The van der Waals surface area contributed by atoms with Crippen molar-refractivity contribution in [2.75, 3.05) is 11.9 Å². The Balaban J connectivity index is 2.92. The average Bonchev–Trinajstić information content (AvgIpc) is 2.30. The van der Waals surface area contributed by atoms with Crippen LogP contribution in [0.1, 0.15) is 18.1 Å². The third kappa shape index (κ3) is 3.91.